The van der Waals surface area contributed by atoms with E-state index in [9.17, 15) is 4.79 Å². The highest BCUT2D eigenvalue weighted by molar-refractivity contribution is 5.77. The molecule has 1 amide bonds. The van der Waals surface area contributed by atoms with Gasteiger partial charge in [0.2, 0.25) is 5.91 Å². The third-order valence-corrected chi connectivity index (χ3v) is 4.25. The van der Waals surface area contributed by atoms with Gasteiger partial charge in [-0.3, -0.25) is 9.89 Å². The lowest BCUT2D eigenvalue weighted by Gasteiger charge is -2.41. The normalized spacial score (nSPS) is 18.5. The van der Waals surface area contributed by atoms with Crippen LogP contribution in [0.15, 0.2) is 42.7 Å². The van der Waals surface area contributed by atoms with E-state index in [0.717, 1.165) is 31.6 Å². The maximum absolute atomic E-state index is 12.4. The topological polar surface area (TPSA) is 52.2 Å². The highest BCUT2D eigenvalue weighted by Crippen LogP contribution is 2.20. The molecule has 0 aliphatic carbocycles. The summed E-state index contributed by atoms with van der Waals surface area (Å²) in [4.78, 5) is 16.7. The number of hydrogen-bond acceptors (Lipinski definition) is 3. The number of carbonyl (C=O) groups is 1. The second-order valence-electron chi connectivity index (χ2n) is 5.82. The summed E-state index contributed by atoms with van der Waals surface area (Å²) in [7, 11) is 0. The molecule has 1 aliphatic heterocycles. The van der Waals surface area contributed by atoms with Gasteiger partial charge in [0.1, 0.15) is 0 Å². The number of H-pyrrole nitrogens is 1. The van der Waals surface area contributed by atoms with Crippen LogP contribution in [0.4, 0.5) is 5.69 Å². The molecule has 0 saturated carbocycles. The summed E-state index contributed by atoms with van der Waals surface area (Å²) in [6, 6.07) is 10.8. The van der Waals surface area contributed by atoms with Crippen LogP contribution in [-0.2, 0) is 11.2 Å². The number of rotatable bonds is 4. The van der Waals surface area contributed by atoms with E-state index in [4.69, 9.17) is 0 Å². The van der Waals surface area contributed by atoms with Gasteiger partial charge in [0, 0.05) is 44.0 Å². The number of hydrogen-bond donors (Lipinski definition) is 1. The van der Waals surface area contributed by atoms with Crippen LogP contribution in [0, 0.1) is 0 Å². The molecule has 1 saturated heterocycles. The van der Waals surface area contributed by atoms with E-state index < -0.39 is 0 Å². The van der Waals surface area contributed by atoms with Gasteiger partial charge < -0.3 is 9.80 Å². The number of nitrogens with one attached hydrogen (secondary N) is 1. The molecule has 2 aromatic rings. The Labute approximate surface area is 130 Å². The quantitative estimate of drug-likeness (QED) is 0.940. The molecule has 116 valence electrons. The zero-order valence-electron chi connectivity index (χ0n) is 12.9. The standard InChI is InChI=1S/C17H22N4O/c1-14-13-20(17(22)8-7-15-11-18-19-12-15)9-10-21(14)16-5-3-2-4-6-16/h2-6,11-12,14H,7-10,13H2,1H3,(H,18,19). The largest absolute Gasteiger partial charge is 0.365 e. The van der Waals surface area contributed by atoms with Crippen LogP contribution < -0.4 is 4.90 Å². The highest BCUT2D eigenvalue weighted by Gasteiger charge is 2.26. The zero-order valence-corrected chi connectivity index (χ0v) is 12.9. The summed E-state index contributed by atoms with van der Waals surface area (Å²) >= 11 is 0. The molecule has 2 heterocycles. The van der Waals surface area contributed by atoms with Gasteiger partial charge in [0.25, 0.3) is 0 Å². The van der Waals surface area contributed by atoms with Crippen LogP contribution in [0.5, 0.6) is 0 Å². The number of aryl methyl sites for hydroxylation is 1. The lowest BCUT2D eigenvalue weighted by atomic mass is 10.1. The number of carbonyl (C=O) groups excluding carboxylic acids is 1. The van der Waals surface area contributed by atoms with E-state index in [1.54, 1.807) is 6.20 Å². The van der Waals surface area contributed by atoms with Gasteiger partial charge in [-0.05, 0) is 31.0 Å². The number of piperazine rings is 1. The van der Waals surface area contributed by atoms with Crippen LogP contribution in [-0.4, -0.2) is 46.7 Å². The lowest BCUT2D eigenvalue weighted by Crippen LogP contribution is -2.53. The van der Waals surface area contributed by atoms with Crippen LogP contribution >= 0.6 is 0 Å². The molecule has 1 aliphatic rings. The number of amides is 1. The number of aromatic nitrogens is 2. The van der Waals surface area contributed by atoms with Crippen molar-refractivity contribution in [3.63, 3.8) is 0 Å². The second kappa shape index (κ2) is 6.64. The first-order chi connectivity index (χ1) is 10.7. The predicted octanol–water partition coefficient (Wildman–Crippen LogP) is 2.08. The van der Waals surface area contributed by atoms with Crippen LogP contribution in [0.3, 0.4) is 0 Å². The van der Waals surface area contributed by atoms with Gasteiger partial charge >= 0.3 is 0 Å². The molecule has 22 heavy (non-hydrogen) atoms. The Hall–Kier alpha value is -2.30. The molecule has 1 N–H and O–H groups in total. The van der Waals surface area contributed by atoms with Gasteiger partial charge in [-0.15, -0.1) is 0 Å². The summed E-state index contributed by atoms with van der Waals surface area (Å²) in [6.45, 7) is 4.66. The Kier molecular flexibility index (Phi) is 4.42. The van der Waals surface area contributed by atoms with Crippen molar-refractivity contribution in [3.8, 4) is 0 Å². The minimum Gasteiger partial charge on any atom is -0.365 e. The molecule has 1 fully saturated rings. The second-order valence-corrected chi connectivity index (χ2v) is 5.82. The Balaban J connectivity index is 1.54. The molecule has 0 bridgehead atoms. The van der Waals surface area contributed by atoms with Crippen molar-refractivity contribution >= 4 is 11.6 Å². The first kappa shape index (κ1) is 14.6. The SMILES string of the molecule is CC1CN(C(=O)CCc2cn[nH]c2)CCN1c1ccccc1. The summed E-state index contributed by atoms with van der Waals surface area (Å²) < 4.78 is 0. The van der Waals surface area contributed by atoms with E-state index in [2.05, 4.69) is 46.3 Å². The van der Waals surface area contributed by atoms with Crippen LogP contribution in [0.1, 0.15) is 18.9 Å². The molecular formula is C17H22N4O. The summed E-state index contributed by atoms with van der Waals surface area (Å²) in [5.74, 6) is 0.237. The van der Waals surface area contributed by atoms with Crippen molar-refractivity contribution in [2.24, 2.45) is 0 Å². The van der Waals surface area contributed by atoms with Crippen molar-refractivity contribution in [2.45, 2.75) is 25.8 Å². The third-order valence-electron chi connectivity index (χ3n) is 4.25. The Morgan fingerprint density at radius 1 is 1.32 bits per heavy atom. The summed E-state index contributed by atoms with van der Waals surface area (Å²) in [6.07, 6.45) is 4.94. The van der Waals surface area contributed by atoms with Crippen molar-refractivity contribution in [1.82, 2.24) is 15.1 Å². The van der Waals surface area contributed by atoms with Crippen LogP contribution in [0.25, 0.3) is 0 Å². The first-order valence-electron chi connectivity index (χ1n) is 7.81. The van der Waals surface area contributed by atoms with Gasteiger partial charge in [-0.1, -0.05) is 18.2 Å². The molecule has 3 rings (SSSR count). The van der Waals surface area contributed by atoms with E-state index in [-0.39, 0.29) is 5.91 Å². The fourth-order valence-corrected chi connectivity index (χ4v) is 3.01. The number of nitrogens with zero attached hydrogens (tertiary/aromatic N) is 3. The van der Waals surface area contributed by atoms with E-state index in [0.29, 0.717) is 12.5 Å². The number of para-hydroxylation sites is 1. The highest BCUT2D eigenvalue weighted by atomic mass is 16.2. The monoisotopic (exact) mass is 298 g/mol. The molecule has 1 unspecified atom stereocenters. The van der Waals surface area contributed by atoms with Crippen molar-refractivity contribution in [3.05, 3.63) is 48.3 Å². The minimum absolute atomic E-state index is 0.237. The summed E-state index contributed by atoms with van der Waals surface area (Å²) in [5, 5.41) is 6.69. The van der Waals surface area contributed by atoms with Gasteiger partial charge in [-0.2, -0.15) is 5.10 Å². The zero-order chi connectivity index (χ0) is 15.4. The smallest absolute Gasteiger partial charge is 0.223 e. The van der Waals surface area contributed by atoms with Crippen molar-refractivity contribution in [2.75, 3.05) is 24.5 Å². The molecule has 1 atom stereocenters. The molecule has 5 nitrogen and oxygen atoms in total. The van der Waals surface area contributed by atoms with Crippen LogP contribution in [0.2, 0.25) is 0 Å². The predicted molar refractivity (Wildman–Crippen MR) is 86.7 cm³/mol. The Morgan fingerprint density at radius 3 is 2.82 bits per heavy atom. The van der Waals surface area contributed by atoms with E-state index in [1.165, 1.54) is 5.69 Å². The van der Waals surface area contributed by atoms with E-state index in [1.807, 2.05) is 17.2 Å². The third kappa shape index (κ3) is 3.30. The molecule has 1 aromatic heterocycles. The molecule has 0 radical (unpaired) electrons. The van der Waals surface area contributed by atoms with Crippen molar-refractivity contribution < 1.29 is 4.79 Å². The number of benzene rings is 1. The molecular weight excluding hydrogens is 276 g/mol. The lowest BCUT2D eigenvalue weighted by molar-refractivity contribution is -0.131. The fraction of sp³-hybridized carbons (Fsp3) is 0.412. The van der Waals surface area contributed by atoms with Gasteiger partial charge in [-0.25, -0.2) is 0 Å². The van der Waals surface area contributed by atoms with E-state index >= 15 is 0 Å². The van der Waals surface area contributed by atoms with Gasteiger partial charge in [0.05, 0.1) is 6.20 Å². The molecule has 5 heteroatoms. The molecule has 0 spiro atoms. The summed E-state index contributed by atoms with van der Waals surface area (Å²) in [5.41, 5.74) is 2.32. The average molecular weight is 298 g/mol. The maximum Gasteiger partial charge on any atom is 0.223 e. The average Bonchev–Trinajstić information content (AvgIpc) is 3.07. The number of anilines is 1. The minimum atomic E-state index is 0.237. The number of aromatic amines is 1. The Morgan fingerprint density at radius 2 is 2.14 bits per heavy atom. The van der Waals surface area contributed by atoms with Crippen molar-refractivity contribution in [1.29, 1.82) is 0 Å². The van der Waals surface area contributed by atoms with Gasteiger partial charge in [0.15, 0.2) is 0 Å². The maximum atomic E-state index is 12.4. The fourth-order valence-electron chi connectivity index (χ4n) is 3.01. The first-order valence-corrected chi connectivity index (χ1v) is 7.81. The molecule has 1 aromatic carbocycles. The Bertz CT molecular complexity index is 596.